The molecule has 0 unspecified atom stereocenters. The summed E-state index contributed by atoms with van der Waals surface area (Å²) in [5, 5.41) is 19.4. The second-order valence-corrected chi connectivity index (χ2v) is 9.10. The van der Waals surface area contributed by atoms with Gasteiger partial charge in [0.25, 0.3) is 0 Å². The van der Waals surface area contributed by atoms with E-state index in [1.54, 1.807) is 6.08 Å². The molecule has 2 aliphatic carbocycles. The van der Waals surface area contributed by atoms with E-state index < -0.39 is 29.7 Å². The first-order valence-electron chi connectivity index (χ1n) is 10.2. The number of carbonyl (C=O) groups is 3. The van der Waals surface area contributed by atoms with Gasteiger partial charge in [-0.05, 0) is 55.4 Å². The number of aliphatic hydroxyl groups excluding tert-OH is 1. The Hall–Kier alpha value is -2.15. The molecule has 0 aromatic rings. The van der Waals surface area contributed by atoms with Crippen molar-refractivity contribution in [2.24, 2.45) is 22.7 Å². The Kier molecular flexibility index (Phi) is 5.64. The Morgan fingerprint density at radius 2 is 2.03 bits per heavy atom. The lowest BCUT2D eigenvalue weighted by Crippen LogP contribution is -2.56. The number of esters is 2. The van der Waals surface area contributed by atoms with E-state index in [0.717, 1.165) is 6.42 Å². The van der Waals surface area contributed by atoms with Crippen molar-refractivity contribution in [3.63, 3.8) is 0 Å². The lowest BCUT2D eigenvalue weighted by molar-refractivity contribution is -0.171. The van der Waals surface area contributed by atoms with Crippen LogP contribution in [0.3, 0.4) is 0 Å². The summed E-state index contributed by atoms with van der Waals surface area (Å²) in [5.41, 5.74) is -0.169. The minimum atomic E-state index is -1.20. The van der Waals surface area contributed by atoms with Gasteiger partial charge in [-0.25, -0.2) is 9.59 Å². The molecule has 1 fully saturated rings. The molecule has 0 amide bonds. The fourth-order valence-electron chi connectivity index (χ4n) is 5.92. The van der Waals surface area contributed by atoms with Gasteiger partial charge in [-0.3, -0.25) is 4.79 Å². The van der Waals surface area contributed by atoms with Crippen LogP contribution in [0.5, 0.6) is 0 Å². The van der Waals surface area contributed by atoms with E-state index in [1.165, 1.54) is 13.0 Å². The number of fused-ring (bicyclic) bond motifs is 1. The molecule has 3 rings (SSSR count). The maximum atomic E-state index is 12.0. The minimum Gasteiger partial charge on any atom is -0.478 e. The van der Waals surface area contributed by atoms with Gasteiger partial charge in [0.1, 0.15) is 6.10 Å². The van der Waals surface area contributed by atoms with Crippen LogP contribution >= 0.6 is 0 Å². The van der Waals surface area contributed by atoms with E-state index in [4.69, 9.17) is 9.47 Å². The van der Waals surface area contributed by atoms with Crippen molar-refractivity contribution in [1.29, 1.82) is 0 Å². The lowest BCUT2D eigenvalue weighted by Gasteiger charge is -2.59. The Morgan fingerprint density at radius 3 is 2.59 bits per heavy atom. The lowest BCUT2D eigenvalue weighted by atomic mass is 9.46. The van der Waals surface area contributed by atoms with Crippen molar-refractivity contribution in [3.05, 3.63) is 23.3 Å². The molecule has 1 heterocycles. The largest absolute Gasteiger partial charge is 0.478 e. The van der Waals surface area contributed by atoms with Crippen LogP contribution < -0.4 is 0 Å². The summed E-state index contributed by atoms with van der Waals surface area (Å²) in [5.74, 6) is -1.77. The topological polar surface area (TPSA) is 110 Å². The van der Waals surface area contributed by atoms with E-state index in [0.29, 0.717) is 36.8 Å². The zero-order valence-corrected chi connectivity index (χ0v) is 17.4. The number of cyclic esters (lactones) is 1. The second kappa shape index (κ2) is 7.59. The van der Waals surface area contributed by atoms with E-state index in [-0.39, 0.29) is 23.2 Å². The van der Waals surface area contributed by atoms with E-state index in [9.17, 15) is 24.6 Å². The first-order valence-corrected chi connectivity index (χ1v) is 10.2. The van der Waals surface area contributed by atoms with Gasteiger partial charge in [-0.1, -0.05) is 26.8 Å². The van der Waals surface area contributed by atoms with Crippen molar-refractivity contribution in [2.45, 2.75) is 72.2 Å². The highest BCUT2D eigenvalue weighted by atomic mass is 16.6. The maximum absolute atomic E-state index is 12.0. The number of carboxylic acids is 1. The van der Waals surface area contributed by atoms with E-state index in [2.05, 4.69) is 6.92 Å². The maximum Gasteiger partial charge on any atom is 0.336 e. The Morgan fingerprint density at radius 1 is 1.34 bits per heavy atom. The minimum absolute atomic E-state index is 0.0134. The SMILES string of the molecule is CC(=O)O[C@H]1C[C@]2(C)C(C(=O)O)=CCC[C@H]2[C@](C)(CCC2=C[C@@H](O)OC2=O)[C@H]1C. The van der Waals surface area contributed by atoms with Crippen molar-refractivity contribution in [3.8, 4) is 0 Å². The molecule has 0 radical (unpaired) electrons. The number of carboxylic acid groups (broad SMARTS) is 1. The van der Waals surface area contributed by atoms with Crippen LogP contribution in [0.4, 0.5) is 0 Å². The summed E-state index contributed by atoms with van der Waals surface area (Å²) in [4.78, 5) is 35.7. The molecule has 29 heavy (non-hydrogen) atoms. The molecule has 3 aliphatic rings. The molecule has 7 heteroatoms. The van der Waals surface area contributed by atoms with Crippen LogP contribution in [0, 0.1) is 22.7 Å². The molecule has 0 spiro atoms. The van der Waals surface area contributed by atoms with Crippen LogP contribution in [0.25, 0.3) is 0 Å². The Balaban J connectivity index is 1.97. The fraction of sp³-hybridized carbons (Fsp3) is 0.682. The number of hydrogen-bond donors (Lipinski definition) is 2. The van der Waals surface area contributed by atoms with Crippen molar-refractivity contribution in [1.82, 2.24) is 0 Å². The molecular formula is C22H30O7. The summed E-state index contributed by atoms with van der Waals surface area (Å²) in [6, 6.07) is 0. The average Bonchev–Trinajstić information content (AvgIpc) is 2.94. The summed E-state index contributed by atoms with van der Waals surface area (Å²) < 4.78 is 10.4. The average molecular weight is 406 g/mol. The molecule has 7 nitrogen and oxygen atoms in total. The summed E-state index contributed by atoms with van der Waals surface area (Å²) in [6.45, 7) is 7.48. The monoisotopic (exact) mass is 406 g/mol. The van der Waals surface area contributed by atoms with Crippen molar-refractivity contribution in [2.75, 3.05) is 0 Å². The Labute approximate surface area is 170 Å². The fourth-order valence-corrected chi connectivity index (χ4v) is 5.92. The van der Waals surface area contributed by atoms with Crippen LogP contribution in [0.1, 0.15) is 59.8 Å². The molecule has 0 saturated heterocycles. The number of aliphatic carboxylic acids is 1. The number of ether oxygens (including phenoxy) is 2. The van der Waals surface area contributed by atoms with Gasteiger partial charge < -0.3 is 19.7 Å². The number of rotatable bonds is 5. The predicted molar refractivity (Wildman–Crippen MR) is 103 cm³/mol. The van der Waals surface area contributed by atoms with Gasteiger partial charge in [0.15, 0.2) is 0 Å². The van der Waals surface area contributed by atoms with E-state index in [1.807, 2.05) is 13.8 Å². The summed E-state index contributed by atoms with van der Waals surface area (Å²) in [7, 11) is 0. The molecule has 160 valence electrons. The van der Waals surface area contributed by atoms with Crippen LogP contribution in [-0.2, 0) is 23.9 Å². The normalized spacial score (nSPS) is 39.1. The Bertz CT molecular complexity index is 782. The highest BCUT2D eigenvalue weighted by molar-refractivity contribution is 5.90. The summed E-state index contributed by atoms with van der Waals surface area (Å²) in [6.07, 6.45) is 4.63. The van der Waals surface area contributed by atoms with Gasteiger partial charge in [0.2, 0.25) is 6.29 Å². The van der Waals surface area contributed by atoms with Crippen LogP contribution in [-0.4, -0.2) is 40.5 Å². The van der Waals surface area contributed by atoms with E-state index >= 15 is 0 Å². The molecule has 0 aromatic carbocycles. The first-order chi connectivity index (χ1) is 13.5. The molecule has 1 aliphatic heterocycles. The molecule has 0 aromatic heterocycles. The molecule has 1 saturated carbocycles. The molecular weight excluding hydrogens is 376 g/mol. The predicted octanol–water partition coefficient (Wildman–Crippen LogP) is 2.97. The first kappa shape index (κ1) is 21.6. The highest BCUT2D eigenvalue weighted by Crippen LogP contribution is 2.62. The zero-order chi connectivity index (χ0) is 21.6. The third-order valence-electron chi connectivity index (χ3n) is 7.52. The van der Waals surface area contributed by atoms with Gasteiger partial charge in [0, 0.05) is 23.5 Å². The van der Waals surface area contributed by atoms with Crippen molar-refractivity contribution < 1.29 is 34.1 Å². The quantitative estimate of drug-likeness (QED) is 0.675. The standard InChI is InChI=1S/C22H30O7/c1-12-16(28-13(2)23)11-22(4)15(19(25)26)6-5-7-17(22)21(12,3)9-8-14-10-18(24)29-20(14)27/h6,10,12,16-18,24H,5,7-9,11H2,1-4H3,(H,25,26)/t12-,16-,17-,18-,21+,22+/m0/s1. The highest BCUT2D eigenvalue weighted by Gasteiger charge is 2.59. The van der Waals surface area contributed by atoms with Crippen LogP contribution in [0.15, 0.2) is 23.3 Å². The zero-order valence-electron chi connectivity index (χ0n) is 17.4. The van der Waals surface area contributed by atoms with Gasteiger partial charge in [-0.15, -0.1) is 0 Å². The molecule has 6 atom stereocenters. The number of allylic oxidation sites excluding steroid dienone is 1. The van der Waals surface area contributed by atoms with Gasteiger partial charge >= 0.3 is 17.9 Å². The number of aliphatic hydroxyl groups is 1. The molecule has 2 N–H and O–H groups in total. The van der Waals surface area contributed by atoms with Crippen molar-refractivity contribution >= 4 is 17.9 Å². The molecule has 0 bridgehead atoms. The third-order valence-corrected chi connectivity index (χ3v) is 7.52. The third kappa shape index (κ3) is 3.72. The van der Waals surface area contributed by atoms with Gasteiger partial charge in [0.05, 0.1) is 0 Å². The van der Waals surface area contributed by atoms with Gasteiger partial charge in [-0.2, -0.15) is 0 Å². The van der Waals surface area contributed by atoms with Crippen LogP contribution in [0.2, 0.25) is 0 Å². The smallest absolute Gasteiger partial charge is 0.336 e. The number of hydrogen-bond acceptors (Lipinski definition) is 6. The summed E-state index contributed by atoms with van der Waals surface area (Å²) >= 11 is 0. The number of carbonyl (C=O) groups excluding carboxylic acids is 2. The second-order valence-electron chi connectivity index (χ2n) is 9.10.